The van der Waals surface area contributed by atoms with E-state index in [4.69, 9.17) is 18.0 Å². The molecular weight excluding hydrogens is 322 g/mol. The molecule has 24 heavy (non-hydrogen) atoms. The fourth-order valence-corrected chi connectivity index (χ4v) is 2.47. The quantitative estimate of drug-likeness (QED) is 0.666. The average molecular weight is 337 g/mol. The molecular formula is C17H15N5OS. The van der Waals surface area contributed by atoms with Gasteiger partial charge >= 0.3 is 5.91 Å². The van der Waals surface area contributed by atoms with Crippen molar-refractivity contribution in [2.75, 3.05) is 5.43 Å². The smallest absolute Gasteiger partial charge is 0.303 e. The van der Waals surface area contributed by atoms with Crippen molar-refractivity contribution in [3.8, 4) is 11.1 Å². The third kappa shape index (κ3) is 3.02. The zero-order valence-electron chi connectivity index (χ0n) is 12.9. The van der Waals surface area contributed by atoms with Crippen LogP contribution >= 0.6 is 12.2 Å². The van der Waals surface area contributed by atoms with Gasteiger partial charge in [-0.2, -0.15) is 15.2 Å². The van der Waals surface area contributed by atoms with Gasteiger partial charge in [0, 0.05) is 5.56 Å². The van der Waals surface area contributed by atoms with Crippen molar-refractivity contribution < 1.29 is 4.79 Å². The molecule has 0 bridgehead atoms. The molecule has 7 heteroatoms. The third-order valence-corrected chi connectivity index (χ3v) is 3.67. The molecule has 0 fully saturated rings. The third-order valence-electron chi connectivity index (χ3n) is 3.50. The van der Waals surface area contributed by atoms with E-state index in [2.05, 4.69) is 15.6 Å². The number of nitrogens with two attached hydrogens (primary N) is 1. The Morgan fingerprint density at radius 3 is 2.50 bits per heavy atom. The second-order valence-corrected chi connectivity index (χ2v) is 5.54. The number of nitrogens with zero attached hydrogens (tertiary/aromatic N) is 3. The number of hydrogen-bond donors (Lipinski definition) is 2. The van der Waals surface area contributed by atoms with Gasteiger partial charge in [0.25, 0.3) is 0 Å². The lowest BCUT2D eigenvalue weighted by Crippen LogP contribution is -2.36. The Bertz CT molecular complexity index is 860. The van der Waals surface area contributed by atoms with E-state index in [1.165, 1.54) is 0 Å². The van der Waals surface area contributed by atoms with Gasteiger partial charge in [-0.1, -0.05) is 48.5 Å². The van der Waals surface area contributed by atoms with Gasteiger partial charge < -0.3 is 5.73 Å². The fourth-order valence-electron chi connectivity index (χ4n) is 2.34. The molecule has 2 aromatic carbocycles. The molecule has 1 aliphatic heterocycles. The van der Waals surface area contributed by atoms with Crippen LogP contribution in [0.25, 0.3) is 11.1 Å². The normalized spacial score (nSPS) is 15.5. The van der Waals surface area contributed by atoms with Crippen LogP contribution in [-0.4, -0.2) is 27.5 Å². The number of carbonyl (C=O) groups is 1. The number of nitrogens with one attached hydrogen (secondary N) is 1. The van der Waals surface area contributed by atoms with E-state index in [9.17, 15) is 4.79 Å². The average Bonchev–Trinajstić information content (AvgIpc) is 2.88. The standard InChI is InChI=1S/C17H15N5OS/c1-11-15(16(23)22(21-11)17(18)24)20-19-14-10-6-5-9-13(14)12-7-3-2-4-8-12/h2-10,19H,1H3,(H2,18,24). The number of anilines is 1. The first-order valence-electron chi connectivity index (χ1n) is 7.25. The van der Waals surface area contributed by atoms with E-state index in [0.29, 0.717) is 5.71 Å². The summed E-state index contributed by atoms with van der Waals surface area (Å²) in [6.07, 6.45) is 0. The maximum absolute atomic E-state index is 12.2. The van der Waals surface area contributed by atoms with Crippen molar-refractivity contribution in [2.45, 2.75) is 6.92 Å². The maximum Gasteiger partial charge on any atom is 0.303 e. The monoisotopic (exact) mass is 337 g/mol. The molecule has 2 aromatic rings. The molecule has 0 radical (unpaired) electrons. The molecule has 0 aromatic heterocycles. The number of carbonyl (C=O) groups excluding carboxylic acids is 1. The summed E-state index contributed by atoms with van der Waals surface area (Å²) in [7, 11) is 0. The molecule has 3 N–H and O–H groups in total. The summed E-state index contributed by atoms with van der Waals surface area (Å²) < 4.78 is 0. The van der Waals surface area contributed by atoms with E-state index in [-0.39, 0.29) is 10.8 Å². The van der Waals surface area contributed by atoms with E-state index < -0.39 is 5.91 Å². The van der Waals surface area contributed by atoms with E-state index >= 15 is 0 Å². The highest BCUT2D eigenvalue weighted by Crippen LogP contribution is 2.27. The Labute approximate surface area is 144 Å². The summed E-state index contributed by atoms with van der Waals surface area (Å²) in [6.45, 7) is 1.68. The lowest BCUT2D eigenvalue weighted by Gasteiger charge is -2.10. The molecule has 3 rings (SSSR count). The maximum atomic E-state index is 12.2. The van der Waals surface area contributed by atoms with Crippen molar-refractivity contribution in [1.82, 2.24) is 5.01 Å². The first-order valence-corrected chi connectivity index (χ1v) is 7.66. The Balaban J connectivity index is 1.90. The van der Waals surface area contributed by atoms with Crippen molar-refractivity contribution in [1.29, 1.82) is 0 Å². The SMILES string of the molecule is CC1=NN(C(N)=S)C(=O)C1=NNc1ccccc1-c1ccccc1. The highest BCUT2D eigenvalue weighted by atomic mass is 32.1. The van der Waals surface area contributed by atoms with E-state index in [1.807, 2.05) is 54.6 Å². The first-order chi connectivity index (χ1) is 11.6. The van der Waals surface area contributed by atoms with Crippen molar-refractivity contribution in [3.63, 3.8) is 0 Å². The highest BCUT2D eigenvalue weighted by molar-refractivity contribution is 7.80. The summed E-state index contributed by atoms with van der Waals surface area (Å²) >= 11 is 4.80. The zero-order valence-corrected chi connectivity index (χ0v) is 13.7. The van der Waals surface area contributed by atoms with Crippen LogP contribution in [0.2, 0.25) is 0 Å². The predicted molar refractivity (Wildman–Crippen MR) is 99.7 cm³/mol. The van der Waals surface area contributed by atoms with Gasteiger partial charge in [0.2, 0.25) is 0 Å². The van der Waals surface area contributed by atoms with Crippen molar-refractivity contribution in [2.24, 2.45) is 15.9 Å². The van der Waals surface area contributed by atoms with Crippen LogP contribution in [0, 0.1) is 0 Å². The summed E-state index contributed by atoms with van der Waals surface area (Å²) in [4.78, 5) is 12.2. The fraction of sp³-hybridized carbons (Fsp3) is 0.0588. The highest BCUT2D eigenvalue weighted by Gasteiger charge is 2.31. The Morgan fingerprint density at radius 2 is 1.83 bits per heavy atom. The molecule has 0 aliphatic carbocycles. The summed E-state index contributed by atoms with van der Waals surface area (Å²) in [6, 6.07) is 17.6. The minimum Gasteiger partial charge on any atom is -0.374 e. The van der Waals surface area contributed by atoms with E-state index in [0.717, 1.165) is 21.8 Å². The van der Waals surface area contributed by atoms with Crippen LogP contribution in [0.5, 0.6) is 0 Å². The summed E-state index contributed by atoms with van der Waals surface area (Å²) in [5, 5.41) is 9.07. The minimum atomic E-state index is -0.440. The van der Waals surface area contributed by atoms with Crippen molar-refractivity contribution >= 4 is 40.3 Å². The van der Waals surface area contributed by atoms with Crippen LogP contribution in [-0.2, 0) is 4.79 Å². The molecule has 1 amide bonds. The molecule has 0 spiro atoms. The van der Waals surface area contributed by atoms with Crippen LogP contribution < -0.4 is 11.2 Å². The van der Waals surface area contributed by atoms with Gasteiger partial charge in [-0.05, 0) is 30.8 Å². The second kappa shape index (κ2) is 6.59. The predicted octanol–water partition coefficient (Wildman–Crippen LogP) is 2.58. The van der Waals surface area contributed by atoms with Crippen LogP contribution in [0.15, 0.2) is 64.8 Å². The molecule has 0 unspecified atom stereocenters. The molecule has 0 atom stereocenters. The number of thiocarbonyl (C=S) groups is 1. The molecule has 6 nitrogen and oxygen atoms in total. The number of benzene rings is 2. The second-order valence-electron chi connectivity index (χ2n) is 5.12. The Morgan fingerprint density at radius 1 is 1.17 bits per heavy atom. The molecule has 1 heterocycles. The topological polar surface area (TPSA) is 83.1 Å². The molecule has 0 saturated carbocycles. The van der Waals surface area contributed by atoms with E-state index in [1.54, 1.807) is 6.92 Å². The van der Waals surface area contributed by atoms with Gasteiger partial charge in [0.15, 0.2) is 10.8 Å². The molecule has 1 aliphatic rings. The first kappa shape index (κ1) is 15.8. The number of hydrogen-bond acceptors (Lipinski definition) is 5. The van der Waals surface area contributed by atoms with Crippen LogP contribution in [0.3, 0.4) is 0 Å². The summed E-state index contributed by atoms with van der Waals surface area (Å²) in [5.74, 6) is -0.440. The van der Waals surface area contributed by atoms with Gasteiger partial charge in [-0.15, -0.1) is 0 Å². The lowest BCUT2D eigenvalue weighted by atomic mass is 10.0. The van der Waals surface area contributed by atoms with Gasteiger partial charge in [0.1, 0.15) is 0 Å². The van der Waals surface area contributed by atoms with Gasteiger partial charge in [-0.25, -0.2) is 0 Å². The number of rotatable bonds is 3. The molecule has 120 valence electrons. The number of para-hydroxylation sites is 1. The number of hydrazone groups is 2. The Kier molecular flexibility index (Phi) is 4.35. The largest absolute Gasteiger partial charge is 0.374 e. The lowest BCUT2D eigenvalue weighted by molar-refractivity contribution is -0.119. The summed E-state index contributed by atoms with van der Waals surface area (Å²) in [5.41, 5.74) is 11.9. The van der Waals surface area contributed by atoms with Crippen molar-refractivity contribution in [3.05, 3.63) is 54.6 Å². The van der Waals surface area contributed by atoms with Gasteiger partial charge in [-0.3, -0.25) is 10.2 Å². The van der Waals surface area contributed by atoms with Crippen LogP contribution in [0.1, 0.15) is 6.92 Å². The minimum absolute atomic E-state index is 0.103. The van der Waals surface area contributed by atoms with Gasteiger partial charge in [0.05, 0.1) is 11.4 Å². The van der Waals surface area contributed by atoms with Crippen LogP contribution in [0.4, 0.5) is 5.69 Å². The molecule has 0 saturated heterocycles. The number of amides is 1. The zero-order chi connectivity index (χ0) is 17.1. The Hall–Kier alpha value is -3.06.